The van der Waals surface area contributed by atoms with Crippen molar-refractivity contribution in [3.63, 3.8) is 0 Å². The lowest BCUT2D eigenvalue weighted by Crippen LogP contribution is -2.34. The fourth-order valence-electron chi connectivity index (χ4n) is 1.58. The smallest absolute Gasteiger partial charge is 0.107 e. The van der Waals surface area contributed by atoms with Crippen LogP contribution < -0.4 is 5.32 Å². The molecule has 0 radical (unpaired) electrons. The summed E-state index contributed by atoms with van der Waals surface area (Å²) < 4.78 is 0. The largest absolute Gasteiger partial charge is 0.306 e. The molecule has 4 heteroatoms. The van der Waals surface area contributed by atoms with E-state index in [4.69, 9.17) is 5.26 Å². The number of hydrogen-bond acceptors (Lipinski definition) is 4. The molecule has 1 aromatic carbocycles. The Morgan fingerprint density at radius 2 is 1.95 bits per heavy atom. The Labute approximate surface area is 117 Å². The number of nitriles is 1. The SMILES string of the molecule is CC(C)(C)NCc1nc(-c2ccc(C#N)cc2)cs1. The summed E-state index contributed by atoms with van der Waals surface area (Å²) in [6.45, 7) is 7.21. The van der Waals surface area contributed by atoms with Gasteiger partial charge in [0.2, 0.25) is 0 Å². The Morgan fingerprint density at radius 1 is 1.26 bits per heavy atom. The van der Waals surface area contributed by atoms with Crippen molar-refractivity contribution in [1.82, 2.24) is 10.3 Å². The van der Waals surface area contributed by atoms with Crippen molar-refractivity contribution in [3.05, 3.63) is 40.2 Å². The molecule has 1 N–H and O–H groups in total. The number of aromatic nitrogens is 1. The fraction of sp³-hybridized carbons (Fsp3) is 0.333. The maximum atomic E-state index is 8.78. The van der Waals surface area contributed by atoms with Gasteiger partial charge in [-0.15, -0.1) is 11.3 Å². The summed E-state index contributed by atoms with van der Waals surface area (Å²) in [6, 6.07) is 9.64. The van der Waals surface area contributed by atoms with Gasteiger partial charge in [0.25, 0.3) is 0 Å². The van der Waals surface area contributed by atoms with Crippen molar-refractivity contribution in [3.8, 4) is 17.3 Å². The van der Waals surface area contributed by atoms with Gasteiger partial charge in [-0.05, 0) is 32.9 Å². The van der Waals surface area contributed by atoms with Crippen LogP contribution in [0.15, 0.2) is 29.6 Å². The maximum absolute atomic E-state index is 8.78. The van der Waals surface area contributed by atoms with Crippen molar-refractivity contribution in [2.75, 3.05) is 0 Å². The van der Waals surface area contributed by atoms with Gasteiger partial charge < -0.3 is 5.32 Å². The van der Waals surface area contributed by atoms with Crippen LogP contribution in [-0.4, -0.2) is 10.5 Å². The van der Waals surface area contributed by atoms with Crippen LogP contribution in [-0.2, 0) is 6.54 Å². The molecule has 0 saturated heterocycles. The van der Waals surface area contributed by atoms with Crippen LogP contribution in [0.2, 0.25) is 0 Å². The van der Waals surface area contributed by atoms with Crippen LogP contribution in [0.5, 0.6) is 0 Å². The van der Waals surface area contributed by atoms with Gasteiger partial charge >= 0.3 is 0 Å². The molecule has 1 aromatic heterocycles. The topological polar surface area (TPSA) is 48.7 Å². The highest BCUT2D eigenvalue weighted by Gasteiger charge is 2.10. The second-order valence-corrected chi connectivity index (χ2v) is 6.36. The summed E-state index contributed by atoms with van der Waals surface area (Å²) in [7, 11) is 0. The summed E-state index contributed by atoms with van der Waals surface area (Å²) in [5.41, 5.74) is 2.80. The zero-order chi connectivity index (χ0) is 13.9. The number of hydrogen-bond donors (Lipinski definition) is 1. The lowest BCUT2D eigenvalue weighted by Gasteiger charge is -2.19. The molecule has 0 saturated carbocycles. The third kappa shape index (κ3) is 3.88. The average molecular weight is 271 g/mol. The molecule has 0 aliphatic carbocycles. The Hall–Kier alpha value is -1.70. The van der Waals surface area contributed by atoms with Gasteiger partial charge in [-0.2, -0.15) is 5.26 Å². The zero-order valence-corrected chi connectivity index (χ0v) is 12.2. The summed E-state index contributed by atoms with van der Waals surface area (Å²) in [6.07, 6.45) is 0. The monoisotopic (exact) mass is 271 g/mol. The first-order chi connectivity index (χ1) is 8.98. The van der Waals surface area contributed by atoms with Crippen LogP contribution in [0.4, 0.5) is 0 Å². The molecule has 0 bridgehead atoms. The van der Waals surface area contributed by atoms with E-state index < -0.39 is 0 Å². The van der Waals surface area contributed by atoms with Crippen LogP contribution >= 0.6 is 11.3 Å². The molecule has 2 rings (SSSR count). The number of rotatable bonds is 3. The van der Waals surface area contributed by atoms with Crippen LogP contribution in [0, 0.1) is 11.3 Å². The van der Waals surface area contributed by atoms with E-state index in [0.29, 0.717) is 5.56 Å². The van der Waals surface area contributed by atoms with E-state index in [1.807, 2.05) is 24.3 Å². The third-order valence-corrected chi connectivity index (χ3v) is 3.48. The van der Waals surface area contributed by atoms with Gasteiger partial charge in [-0.3, -0.25) is 0 Å². The molecule has 19 heavy (non-hydrogen) atoms. The van der Waals surface area contributed by atoms with E-state index in [2.05, 4.69) is 42.5 Å². The summed E-state index contributed by atoms with van der Waals surface area (Å²) in [5, 5.41) is 15.3. The molecular formula is C15H17N3S. The fourth-order valence-corrected chi connectivity index (χ4v) is 2.32. The quantitative estimate of drug-likeness (QED) is 0.928. The average Bonchev–Trinajstić information content (AvgIpc) is 2.84. The van der Waals surface area contributed by atoms with Crippen LogP contribution in [0.25, 0.3) is 11.3 Å². The minimum Gasteiger partial charge on any atom is -0.306 e. The molecule has 0 aliphatic rings. The van der Waals surface area contributed by atoms with Crippen molar-refractivity contribution < 1.29 is 0 Å². The molecule has 0 spiro atoms. The summed E-state index contributed by atoms with van der Waals surface area (Å²) >= 11 is 1.66. The van der Waals surface area contributed by atoms with Gasteiger partial charge in [-0.1, -0.05) is 12.1 Å². The Bertz CT molecular complexity index is 585. The molecule has 1 heterocycles. The second-order valence-electron chi connectivity index (χ2n) is 5.42. The highest BCUT2D eigenvalue weighted by atomic mass is 32.1. The predicted molar refractivity (Wildman–Crippen MR) is 78.9 cm³/mol. The highest BCUT2D eigenvalue weighted by molar-refractivity contribution is 7.09. The predicted octanol–water partition coefficient (Wildman–Crippen LogP) is 3.57. The molecule has 0 fully saturated rings. The van der Waals surface area contributed by atoms with Gasteiger partial charge in [-0.25, -0.2) is 4.98 Å². The normalized spacial score (nSPS) is 11.3. The first-order valence-electron chi connectivity index (χ1n) is 6.18. The molecule has 98 valence electrons. The standard InChI is InChI=1S/C15H17N3S/c1-15(2,3)17-9-14-18-13(10-19-14)12-6-4-11(8-16)5-7-12/h4-7,10,17H,9H2,1-3H3. The van der Waals surface area contributed by atoms with Crippen LogP contribution in [0.1, 0.15) is 31.3 Å². The van der Waals surface area contributed by atoms with E-state index in [1.54, 1.807) is 11.3 Å². The molecule has 3 nitrogen and oxygen atoms in total. The number of thiazole rings is 1. The van der Waals surface area contributed by atoms with Crippen molar-refractivity contribution in [1.29, 1.82) is 5.26 Å². The van der Waals surface area contributed by atoms with Crippen molar-refractivity contribution in [2.24, 2.45) is 0 Å². The molecule has 0 unspecified atom stereocenters. The maximum Gasteiger partial charge on any atom is 0.107 e. The molecule has 0 aliphatic heterocycles. The van der Waals surface area contributed by atoms with Crippen molar-refractivity contribution in [2.45, 2.75) is 32.9 Å². The molecule has 0 atom stereocenters. The van der Waals surface area contributed by atoms with Gasteiger partial charge in [0.05, 0.1) is 17.3 Å². The Kier molecular flexibility index (Phi) is 3.98. The molecular weight excluding hydrogens is 254 g/mol. The molecule has 2 aromatic rings. The zero-order valence-electron chi connectivity index (χ0n) is 11.4. The number of benzene rings is 1. The van der Waals surface area contributed by atoms with Gasteiger partial charge in [0.15, 0.2) is 0 Å². The highest BCUT2D eigenvalue weighted by Crippen LogP contribution is 2.22. The van der Waals surface area contributed by atoms with E-state index in [9.17, 15) is 0 Å². The first-order valence-corrected chi connectivity index (χ1v) is 7.06. The first kappa shape index (κ1) is 13.7. The van der Waals surface area contributed by atoms with Crippen molar-refractivity contribution >= 4 is 11.3 Å². The van der Waals surface area contributed by atoms with E-state index in [1.165, 1.54) is 0 Å². The van der Waals surface area contributed by atoms with Gasteiger partial charge in [0, 0.05) is 23.0 Å². The number of nitrogens with zero attached hydrogens (tertiary/aromatic N) is 2. The lowest BCUT2D eigenvalue weighted by molar-refractivity contribution is 0.424. The summed E-state index contributed by atoms with van der Waals surface area (Å²) in [5.74, 6) is 0. The van der Waals surface area contributed by atoms with E-state index in [0.717, 1.165) is 22.8 Å². The second kappa shape index (κ2) is 5.52. The Morgan fingerprint density at radius 3 is 2.53 bits per heavy atom. The lowest BCUT2D eigenvalue weighted by atomic mass is 10.1. The number of nitrogens with one attached hydrogen (secondary N) is 1. The van der Waals surface area contributed by atoms with E-state index in [-0.39, 0.29) is 5.54 Å². The van der Waals surface area contributed by atoms with E-state index >= 15 is 0 Å². The molecule has 0 amide bonds. The minimum absolute atomic E-state index is 0.0975. The van der Waals surface area contributed by atoms with Crippen LogP contribution in [0.3, 0.4) is 0 Å². The minimum atomic E-state index is 0.0975. The Balaban J connectivity index is 2.10. The van der Waals surface area contributed by atoms with Gasteiger partial charge in [0.1, 0.15) is 5.01 Å². The third-order valence-electron chi connectivity index (χ3n) is 2.63. The summed E-state index contributed by atoms with van der Waals surface area (Å²) in [4.78, 5) is 4.61.